The topological polar surface area (TPSA) is 66.3 Å². The van der Waals surface area contributed by atoms with E-state index in [1.54, 1.807) is 31.0 Å². The molecule has 35 heavy (non-hydrogen) atoms. The lowest BCUT2D eigenvalue weighted by molar-refractivity contribution is 0.000244. The molecule has 2 atom stereocenters. The van der Waals surface area contributed by atoms with Crippen LogP contribution in [0.4, 0.5) is 0 Å². The predicted octanol–water partition coefficient (Wildman–Crippen LogP) is 6.38. The summed E-state index contributed by atoms with van der Waals surface area (Å²) in [5.41, 5.74) is 4.24. The SMILES string of the molecule is CC1CC(C(C)(C)O)N(C(=O)c2ccc(-c3cncc(-c4ccnc(C(C)(C)C)c4)c3)c(Cl)c2)C1. The van der Waals surface area contributed by atoms with E-state index in [-0.39, 0.29) is 17.4 Å². The number of amides is 1. The Morgan fingerprint density at radius 2 is 1.74 bits per heavy atom. The molecule has 0 bridgehead atoms. The Morgan fingerprint density at radius 1 is 1.03 bits per heavy atom. The molecular weight excluding hydrogens is 458 g/mol. The lowest BCUT2D eigenvalue weighted by Gasteiger charge is -2.33. The van der Waals surface area contributed by atoms with Gasteiger partial charge in [0.15, 0.2) is 0 Å². The zero-order chi connectivity index (χ0) is 25.5. The van der Waals surface area contributed by atoms with Gasteiger partial charge in [-0.2, -0.15) is 0 Å². The largest absolute Gasteiger partial charge is 0.388 e. The summed E-state index contributed by atoms with van der Waals surface area (Å²) in [6.45, 7) is 12.7. The molecule has 6 heteroatoms. The summed E-state index contributed by atoms with van der Waals surface area (Å²) in [5, 5.41) is 11.1. The van der Waals surface area contributed by atoms with Crippen molar-refractivity contribution in [3.8, 4) is 22.3 Å². The molecule has 1 saturated heterocycles. The molecule has 1 amide bonds. The number of likely N-dealkylation sites (tertiary alicyclic amines) is 1. The molecule has 3 aromatic rings. The van der Waals surface area contributed by atoms with Gasteiger partial charge >= 0.3 is 0 Å². The van der Waals surface area contributed by atoms with Crippen molar-refractivity contribution in [2.24, 2.45) is 5.92 Å². The van der Waals surface area contributed by atoms with E-state index in [0.29, 0.717) is 23.0 Å². The summed E-state index contributed by atoms with van der Waals surface area (Å²) in [4.78, 5) is 24.1. The van der Waals surface area contributed by atoms with E-state index in [2.05, 4.69) is 49.8 Å². The van der Waals surface area contributed by atoms with Crippen LogP contribution in [0.1, 0.15) is 64.0 Å². The van der Waals surface area contributed by atoms with Crippen molar-refractivity contribution in [2.75, 3.05) is 6.54 Å². The van der Waals surface area contributed by atoms with Gasteiger partial charge in [-0.25, -0.2) is 0 Å². The molecule has 1 aliphatic rings. The second-order valence-corrected chi connectivity index (χ2v) is 11.7. The number of carbonyl (C=O) groups excluding carboxylic acids is 1. The normalized spacial score (nSPS) is 18.7. The smallest absolute Gasteiger partial charge is 0.254 e. The minimum Gasteiger partial charge on any atom is -0.388 e. The van der Waals surface area contributed by atoms with E-state index < -0.39 is 5.60 Å². The van der Waals surface area contributed by atoms with Crippen LogP contribution in [-0.4, -0.2) is 44.1 Å². The van der Waals surface area contributed by atoms with Crippen LogP contribution in [0.3, 0.4) is 0 Å². The number of aromatic nitrogens is 2. The van der Waals surface area contributed by atoms with E-state index in [0.717, 1.165) is 34.4 Å². The number of nitrogens with zero attached hydrogens (tertiary/aromatic N) is 3. The highest BCUT2D eigenvalue weighted by Gasteiger charge is 2.41. The lowest BCUT2D eigenvalue weighted by Crippen LogP contribution is -2.48. The average Bonchev–Trinajstić information content (AvgIpc) is 3.20. The first kappa shape index (κ1) is 25.3. The second kappa shape index (κ2) is 9.36. The van der Waals surface area contributed by atoms with E-state index in [1.807, 2.05) is 30.6 Å². The van der Waals surface area contributed by atoms with Gasteiger partial charge in [0.2, 0.25) is 0 Å². The molecule has 1 fully saturated rings. The first-order valence-corrected chi connectivity index (χ1v) is 12.5. The molecular formula is C29H34ClN3O2. The quantitative estimate of drug-likeness (QED) is 0.459. The maximum Gasteiger partial charge on any atom is 0.254 e. The van der Waals surface area contributed by atoms with Gasteiger partial charge in [0.1, 0.15) is 0 Å². The summed E-state index contributed by atoms with van der Waals surface area (Å²) in [6.07, 6.45) is 6.23. The molecule has 0 saturated carbocycles. The zero-order valence-corrected chi connectivity index (χ0v) is 22.1. The number of hydrogen-bond acceptors (Lipinski definition) is 4. The summed E-state index contributed by atoms with van der Waals surface area (Å²) in [6, 6.07) is 11.3. The van der Waals surface area contributed by atoms with Crippen molar-refractivity contribution in [1.29, 1.82) is 0 Å². The van der Waals surface area contributed by atoms with Crippen molar-refractivity contribution in [1.82, 2.24) is 14.9 Å². The van der Waals surface area contributed by atoms with Gasteiger partial charge in [-0.3, -0.25) is 14.8 Å². The van der Waals surface area contributed by atoms with E-state index in [4.69, 9.17) is 11.6 Å². The van der Waals surface area contributed by atoms with Crippen molar-refractivity contribution in [2.45, 2.75) is 65.0 Å². The molecule has 0 aliphatic carbocycles. The van der Waals surface area contributed by atoms with Gasteiger partial charge in [0, 0.05) is 63.5 Å². The van der Waals surface area contributed by atoms with Crippen LogP contribution < -0.4 is 0 Å². The molecule has 2 unspecified atom stereocenters. The van der Waals surface area contributed by atoms with Gasteiger partial charge < -0.3 is 10.0 Å². The molecule has 0 spiro atoms. The predicted molar refractivity (Wildman–Crippen MR) is 142 cm³/mol. The van der Waals surface area contributed by atoms with Crippen molar-refractivity contribution in [3.63, 3.8) is 0 Å². The average molecular weight is 492 g/mol. The third-order valence-corrected chi connectivity index (χ3v) is 7.03. The zero-order valence-electron chi connectivity index (χ0n) is 21.3. The summed E-state index contributed by atoms with van der Waals surface area (Å²) >= 11 is 6.70. The highest BCUT2D eigenvalue weighted by molar-refractivity contribution is 6.33. The molecule has 1 aromatic carbocycles. The Hall–Kier alpha value is -2.76. The first-order valence-electron chi connectivity index (χ1n) is 12.1. The van der Waals surface area contributed by atoms with Gasteiger partial charge in [0.05, 0.1) is 11.6 Å². The number of pyridine rings is 2. The van der Waals surface area contributed by atoms with Crippen LogP contribution in [0.25, 0.3) is 22.3 Å². The highest BCUT2D eigenvalue weighted by atomic mass is 35.5. The number of hydrogen-bond donors (Lipinski definition) is 1. The Morgan fingerprint density at radius 3 is 2.40 bits per heavy atom. The van der Waals surface area contributed by atoms with Crippen LogP contribution in [-0.2, 0) is 5.41 Å². The fourth-order valence-corrected chi connectivity index (χ4v) is 5.04. The van der Waals surface area contributed by atoms with Gasteiger partial charge in [-0.05, 0) is 62.1 Å². The molecule has 2 aromatic heterocycles. The van der Waals surface area contributed by atoms with Crippen molar-refractivity contribution >= 4 is 17.5 Å². The minimum absolute atomic E-state index is 0.0515. The van der Waals surface area contributed by atoms with Crippen molar-refractivity contribution in [3.05, 3.63) is 71.3 Å². The molecule has 5 nitrogen and oxygen atoms in total. The minimum atomic E-state index is -0.962. The van der Waals surface area contributed by atoms with E-state index in [9.17, 15) is 9.90 Å². The molecule has 1 N–H and O–H groups in total. The third-order valence-electron chi connectivity index (χ3n) is 6.71. The summed E-state index contributed by atoms with van der Waals surface area (Å²) in [7, 11) is 0. The number of rotatable bonds is 4. The standard InChI is InChI=1S/C29H34ClN3O2/c1-18-11-26(29(5,6)35)33(17-18)27(34)20-7-8-23(24(30)13-20)22-12-21(15-31-16-22)19-9-10-32-25(14-19)28(2,3)4/h7-10,12-16,18,26,35H,11,17H2,1-6H3. The fourth-order valence-electron chi connectivity index (χ4n) is 4.75. The lowest BCUT2D eigenvalue weighted by atomic mass is 9.90. The monoisotopic (exact) mass is 491 g/mol. The number of aliphatic hydroxyl groups is 1. The maximum absolute atomic E-state index is 13.3. The fraction of sp³-hybridized carbons (Fsp3) is 0.414. The first-order chi connectivity index (χ1) is 16.3. The van der Waals surface area contributed by atoms with Crippen LogP contribution in [0.2, 0.25) is 5.02 Å². The van der Waals surface area contributed by atoms with Crippen LogP contribution in [0.5, 0.6) is 0 Å². The van der Waals surface area contributed by atoms with Gasteiger partial charge in [0.25, 0.3) is 5.91 Å². The Kier molecular flexibility index (Phi) is 6.78. The Bertz CT molecular complexity index is 1240. The molecule has 1 aliphatic heterocycles. The Labute approximate surface area is 213 Å². The molecule has 4 rings (SSSR count). The third kappa shape index (κ3) is 5.41. The summed E-state index contributed by atoms with van der Waals surface area (Å²) in [5.74, 6) is 0.235. The highest BCUT2D eigenvalue weighted by Crippen LogP contribution is 2.35. The summed E-state index contributed by atoms with van der Waals surface area (Å²) < 4.78 is 0. The Balaban J connectivity index is 1.63. The van der Waals surface area contributed by atoms with Gasteiger partial charge in [-0.1, -0.05) is 45.4 Å². The van der Waals surface area contributed by atoms with Crippen molar-refractivity contribution < 1.29 is 9.90 Å². The van der Waals surface area contributed by atoms with Crippen LogP contribution in [0, 0.1) is 5.92 Å². The van der Waals surface area contributed by atoms with E-state index >= 15 is 0 Å². The molecule has 0 radical (unpaired) electrons. The molecule has 184 valence electrons. The number of carbonyl (C=O) groups is 1. The number of benzene rings is 1. The van der Waals surface area contributed by atoms with E-state index in [1.165, 1.54) is 0 Å². The van der Waals surface area contributed by atoms with Gasteiger partial charge in [-0.15, -0.1) is 0 Å². The maximum atomic E-state index is 13.3. The number of halogens is 1. The van der Waals surface area contributed by atoms with Crippen LogP contribution >= 0.6 is 11.6 Å². The second-order valence-electron chi connectivity index (χ2n) is 11.3. The van der Waals surface area contributed by atoms with Crippen LogP contribution in [0.15, 0.2) is 55.0 Å². The molecule has 3 heterocycles.